The van der Waals surface area contributed by atoms with Crippen molar-refractivity contribution >= 4 is 6.09 Å². The molecule has 0 bridgehead atoms. The van der Waals surface area contributed by atoms with Gasteiger partial charge in [-0.3, -0.25) is 0 Å². The number of aliphatic hydroxyl groups excluding tert-OH is 7. The fraction of sp³-hybridized carbons (Fsp3) is 0.731. The summed E-state index contributed by atoms with van der Waals surface area (Å²) in [4.78, 5) is 12.2. The van der Waals surface area contributed by atoms with E-state index < -0.39 is 104 Å². The first-order valence-corrected chi connectivity index (χ1v) is 13.9. The number of nitrogens with two attached hydrogens (primary N) is 3. The van der Waals surface area contributed by atoms with Crippen molar-refractivity contribution in [3.05, 3.63) is 35.9 Å². The molecule has 2 aliphatic heterocycles. The van der Waals surface area contributed by atoms with E-state index in [0.29, 0.717) is 0 Å². The summed E-state index contributed by atoms with van der Waals surface area (Å²) in [6.45, 7) is -0.959. The standard InChI is InChI=1S/C26H42N4O13/c27-11-6-12(28)23(21(37)22(11)42-24-18(34)15(29)16(32)14(8-31)41-24)43-25-20(36)19(35)17(33)13(40-25)7-30-26(38)39-9-10-4-2-1-3-5-10/h1-5,11-25,31-37H,6-9,27-29H2,(H,30,38)/t11-,12+,13?,14?,15+,16-,17-,18?,19?,20?,21?,22+,23?,24-,25-/m1/s1. The zero-order valence-electron chi connectivity index (χ0n) is 23.2. The summed E-state index contributed by atoms with van der Waals surface area (Å²) < 4.78 is 27.8. The van der Waals surface area contributed by atoms with Crippen LogP contribution in [0, 0.1) is 0 Å². The predicted molar refractivity (Wildman–Crippen MR) is 143 cm³/mol. The molecule has 0 spiro atoms. The molecule has 4 rings (SSSR count). The van der Waals surface area contributed by atoms with Crippen LogP contribution in [-0.2, 0) is 30.3 Å². The molecule has 7 unspecified atom stereocenters. The van der Waals surface area contributed by atoms with Crippen LogP contribution in [0.4, 0.5) is 4.79 Å². The van der Waals surface area contributed by atoms with Crippen molar-refractivity contribution in [2.45, 2.75) is 105 Å². The van der Waals surface area contributed by atoms with Crippen LogP contribution in [0.25, 0.3) is 0 Å². The number of amides is 1. The van der Waals surface area contributed by atoms with Gasteiger partial charge in [-0.25, -0.2) is 4.79 Å². The third-order valence-corrected chi connectivity index (χ3v) is 7.91. The Balaban J connectivity index is 1.37. The third kappa shape index (κ3) is 7.78. The second kappa shape index (κ2) is 14.8. The lowest BCUT2D eigenvalue weighted by atomic mass is 9.84. The van der Waals surface area contributed by atoms with Gasteiger partial charge in [0.15, 0.2) is 12.6 Å². The van der Waals surface area contributed by atoms with Gasteiger partial charge in [0.2, 0.25) is 0 Å². The summed E-state index contributed by atoms with van der Waals surface area (Å²) in [5, 5.41) is 75.1. The molecule has 0 radical (unpaired) electrons. The Labute approximate surface area is 247 Å². The minimum Gasteiger partial charge on any atom is -0.445 e. The van der Waals surface area contributed by atoms with Crippen LogP contribution < -0.4 is 22.5 Å². The van der Waals surface area contributed by atoms with E-state index in [2.05, 4.69) is 5.32 Å². The minimum atomic E-state index is -1.78. The minimum absolute atomic E-state index is 0.00719. The van der Waals surface area contributed by atoms with Crippen LogP contribution in [0.15, 0.2) is 30.3 Å². The van der Waals surface area contributed by atoms with Crippen LogP contribution >= 0.6 is 0 Å². The number of hydrogen-bond donors (Lipinski definition) is 11. The zero-order chi connectivity index (χ0) is 31.4. The van der Waals surface area contributed by atoms with E-state index in [0.717, 1.165) is 5.56 Å². The van der Waals surface area contributed by atoms with Crippen LogP contribution in [0.3, 0.4) is 0 Å². The molecule has 0 aromatic heterocycles. The molecule has 1 amide bonds. The van der Waals surface area contributed by atoms with Crippen LogP contribution in [0.5, 0.6) is 0 Å². The van der Waals surface area contributed by atoms with Crippen molar-refractivity contribution in [1.82, 2.24) is 5.32 Å². The number of nitrogens with one attached hydrogen (secondary N) is 1. The molecule has 3 aliphatic rings. The van der Waals surface area contributed by atoms with Crippen LogP contribution in [0.2, 0.25) is 0 Å². The molecule has 244 valence electrons. The molecule has 17 heteroatoms. The third-order valence-electron chi connectivity index (χ3n) is 7.91. The van der Waals surface area contributed by atoms with Gasteiger partial charge in [0.05, 0.1) is 12.6 Å². The van der Waals surface area contributed by atoms with Crippen molar-refractivity contribution in [2.24, 2.45) is 17.2 Å². The maximum atomic E-state index is 12.2. The molecule has 1 aliphatic carbocycles. The second-order valence-corrected chi connectivity index (χ2v) is 11.0. The smallest absolute Gasteiger partial charge is 0.407 e. The lowest BCUT2D eigenvalue weighted by Gasteiger charge is -2.48. The number of carbonyl (C=O) groups is 1. The fourth-order valence-electron chi connectivity index (χ4n) is 5.33. The van der Waals surface area contributed by atoms with Crippen molar-refractivity contribution in [3.8, 4) is 0 Å². The normalized spacial score (nSPS) is 43.6. The largest absolute Gasteiger partial charge is 0.445 e. The second-order valence-electron chi connectivity index (χ2n) is 11.0. The van der Waals surface area contributed by atoms with Crippen molar-refractivity contribution in [1.29, 1.82) is 0 Å². The average molecular weight is 619 g/mol. The van der Waals surface area contributed by atoms with Gasteiger partial charge in [-0.2, -0.15) is 0 Å². The van der Waals surface area contributed by atoms with Gasteiger partial charge in [-0.1, -0.05) is 30.3 Å². The molecule has 1 saturated carbocycles. The Morgan fingerprint density at radius 1 is 0.791 bits per heavy atom. The topological polar surface area (TPSA) is 295 Å². The van der Waals surface area contributed by atoms with Crippen molar-refractivity contribution in [3.63, 3.8) is 0 Å². The molecule has 1 aromatic rings. The SMILES string of the molecule is N[C@@H]1C[C@H](N)C(O[C@H]2OC(CNC(=O)OCc3ccccc3)[C@@H](O)C(O)C2O)C(O)[C@H]1O[C@H]1OC(CO)[C@@H](O)[C@H](N)C1O. The molecule has 17 nitrogen and oxygen atoms in total. The first kappa shape index (κ1) is 33.8. The number of carbonyl (C=O) groups excluding carboxylic acids is 1. The molecular formula is C26H42N4O13. The molecule has 1 aromatic carbocycles. The van der Waals surface area contributed by atoms with Gasteiger partial charge in [0, 0.05) is 18.6 Å². The first-order chi connectivity index (χ1) is 20.4. The summed E-state index contributed by atoms with van der Waals surface area (Å²) >= 11 is 0. The lowest BCUT2D eigenvalue weighted by Crippen LogP contribution is -2.68. The summed E-state index contributed by atoms with van der Waals surface area (Å²) in [5.41, 5.74) is 19.0. The Hall–Kier alpha value is -2.07. The van der Waals surface area contributed by atoms with Crippen LogP contribution in [-0.4, -0.2) is 147 Å². The van der Waals surface area contributed by atoms with E-state index >= 15 is 0 Å². The average Bonchev–Trinajstić information content (AvgIpc) is 2.99. The summed E-state index contributed by atoms with van der Waals surface area (Å²) in [5.74, 6) is 0. The van der Waals surface area contributed by atoms with Crippen molar-refractivity contribution in [2.75, 3.05) is 13.2 Å². The molecule has 43 heavy (non-hydrogen) atoms. The van der Waals surface area contributed by atoms with Gasteiger partial charge in [0.1, 0.15) is 67.6 Å². The highest BCUT2D eigenvalue weighted by molar-refractivity contribution is 5.67. The highest BCUT2D eigenvalue weighted by atomic mass is 16.7. The highest BCUT2D eigenvalue weighted by Crippen LogP contribution is 2.31. The van der Waals surface area contributed by atoms with Gasteiger partial charge < -0.3 is 81.9 Å². The van der Waals surface area contributed by atoms with E-state index in [1.807, 2.05) is 6.07 Å². The number of alkyl carbamates (subject to hydrolysis) is 1. The Morgan fingerprint density at radius 2 is 1.37 bits per heavy atom. The highest BCUT2D eigenvalue weighted by Gasteiger charge is 2.51. The Morgan fingerprint density at radius 3 is 1.98 bits per heavy atom. The fourth-order valence-corrected chi connectivity index (χ4v) is 5.33. The van der Waals surface area contributed by atoms with E-state index in [1.165, 1.54) is 0 Å². The predicted octanol–water partition coefficient (Wildman–Crippen LogP) is -5.32. The molecule has 2 saturated heterocycles. The quantitative estimate of drug-likeness (QED) is 0.123. The summed E-state index contributed by atoms with van der Waals surface area (Å²) in [6, 6.07) is 5.88. The van der Waals surface area contributed by atoms with E-state index in [1.54, 1.807) is 24.3 Å². The molecule has 3 fully saturated rings. The summed E-state index contributed by atoms with van der Waals surface area (Å²) in [6.07, 6.45) is -18.6. The Kier molecular flexibility index (Phi) is 11.6. The Bertz CT molecular complexity index is 1030. The monoisotopic (exact) mass is 618 g/mol. The summed E-state index contributed by atoms with van der Waals surface area (Å²) in [7, 11) is 0. The zero-order valence-corrected chi connectivity index (χ0v) is 23.2. The number of aliphatic hydroxyl groups is 7. The molecular weight excluding hydrogens is 576 g/mol. The molecule has 14 N–H and O–H groups in total. The first-order valence-electron chi connectivity index (χ1n) is 13.9. The number of hydrogen-bond acceptors (Lipinski definition) is 16. The number of rotatable bonds is 9. The van der Waals surface area contributed by atoms with Gasteiger partial charge >= 0.3 is 6.09 Å². The van der Waals surface area contributed by atoms with E-state index in [-0.39, 0.29) is 19.6 Å². The van der Waals surface area contributed by atoms with Gasteiger partial charge in [0.25, 0.3) is 0 Å². The van der Waals surface area contributed by atoms with E-state index in [4.69, 9.17) is 40.9 Å². The van der Waals surface area contributed by atoms with Gasteiger partial charge in [-0.05, 0) is 12.0 Å². The van der Waals surface area contributed by atoms with Gasteiger partial charge in [-0.15, -0.1) is 0 Å². The number of benzene rings is 1. The van der Waals surface area contributed by atoms with Crippen LogP contribution in [0.1, 0.15) is 12.0 Å². The molecule has 2 heterocycles. The maximum Gasteiger partial charge on any atom is 0.407 e. The van der Waals surface area contributed by atoms with E-state index in [9.17, 15) is 40.5 Å². The molecule has 15 atom stereocenters. The number of ether oxygens (including phenoxy) is 5. The lowest BCUT2D eigenvalue weighted by molar-refractivity contribution is -0.332. The van der Waals surface area contributed by atoms with Crippen molar-refractivity contribution < 1.29 is 64.2 Å². The maximum absolute atomic E-state index is 12.2.